The molecule has 0 unspecified atom stereocenters. The number of unbranched alkanes of at least 4 members (excludes halogenated alkanes) is 1. The van der Waals surface area contributed by atoms with Crippen LogP contribution in [0.2, 0.25) is 0 Å². The normalized spacial score (nSPS) is 32.4. The molecule has 23 heavy (non-hydrogen) atoms. The molecule has 2 aliphatic rings. The molecule has 2 fully saturated rings. The van der Waals surface area contributed by atoms with Crippen molar-refractivity contribution < 1.29 is 4.74 Å². The van der Waals surface area contributed by atoms with Crippen LogP contribution in [0.25, 0.3) is 0 Å². The fourth-order valence-electron chi connectivity index (χ4n) is 4.47. The highest BCUT2D eigenvalue weighted by molar-refractivity contribution is 4.91. The van der Waals surface area contributed by atoms with E-state index in [1.54, 1.807) is 0 Å². The van der Waals surface area contributed by atoms with Crippen LogP contribution in [0.4, 0.5) is 0 Å². The number of hydrogen-bond acceptors (Lipinski definition) is 1. The zero-order valence-electron chi connectivity index (χ0n) is 15.8. The van der Waals surface area contributed by atoms with Gasteiger partial charge in [0.25, 0.3) is 0 Å². The van der Waals surface area contributed by atoms with Crippen LogP contribution in [0.5, 0.6) is 0 Å². The van der Waals surface area contributed by atoms with Gasteiger partial charge in [-0.1, -0.05) is 45.3 Å². The van der Waals surface area contributed by atoms with Gasteiger partial charge >= 0.3 is 0 Å². The molecule has 0 aliphatic heterocycles. The monoisotopic (exact) mass is 320 g/mol. The summed E-state index contributed by atoms with van der Waals surface area (Å²) in [5.74, 6) is 2.92. The molecule has 0 radical (unpaired) electrons. The predicted molar refractivity (Wildman–Crippen MR) is 101 cm³/mol. The number of hydrogen-bond donors (Lipinski definition) is 0. The topological polar surface area (TPSA) is 9.23 Å². The molecule has 0 atom stereocenters. The Morgan fingerprint density at radius 2 is 1.39 bits per heavy atom. The average molecular weight is 321 g/mol. The molecular formula is C22H40O. The molecule has 2 rings (SSSR count). The first-order chi connectivity index (χ1) is 11.3. The fraction of sp³-hybridized carbons (Fsp3) is 0.909. The van der Waals surface area contributed by atoms with Gasteiger partial charge in [-0.3, -0.25) is 0 Å². The van der Waals surface area contributed by atoms with E-state index in [1.165, 1.54) is 77.0 Å². The van der Waals surface area contributed by atoms with Crippen molar-refractivity contribution in [2.45, 2.75) is 103 Å². The lowest BCUT2D eigenvalue weighted by molar-refractivity contribution is 0.0168. The third-order valence-corrected chi connectivity index (χ3v) is 6.09. The zero-order chi connectivity index (χ0) is 16.3. The summed E-state index contributed by atoms with van der Waals surface area (Å²) in [6.45, 7) is 5.44. The molecule has 0 heterocycles. The average Bonchev–Trinajstić information content (AvgIpc) is 2.60. The van der Waals surface area contributed by atoms with E-state index in [-0.39, 0.29) is 0 Å². The van der Waals surface area contributed by atoms with Crippen LogP contribution in [0.15, 0.2) is 12.2 Å². The largest absolute Gasteiger partial charge is 0.378 e. The first kappa shape index (κ1) is 19.0. The molecule has 2 saturated carbocycles. The van der Waals surface area contributed by atoms with E-state index in [2.05, 4.69) is 26.0 Å². The Balaban J connectivity index is 1.54. The second-order valence-corrected chi connectivity index (χ2v) is 8.09. The lowest BCUT2D eigenvalue weighted by Crippen LogP contribution is -2.22. The van der Waals surface area contributed by atoms with E-state index in [9.17, 15) is 0 Å². The first-order valence-corrected chi connectivity index (χ1v) is 10.6. The third-order valence-electron chi connectivity index (χ3n) is 6.09. The molecule has 0 N–H and O–H groups in total. The van der Waals surface area contributed by atoms with Gasteiger partial charge < -0.3 is 4.74 Å². The van der Waals surface area contributed by atoms with Gasteiger partial charge in [0.2, 0.25) is 0 Å². The maximum atomic E-state index is 5.92. The molecule has 1 nitrogen and oxygen atoms in total. The lowest BCUT2D eigenvalue weighted by Gasteiger charge is -2.31. The van der Waals surface area contributed by atoms with Crippen molar-refractivity contribution >= 4 is 0 Å². The van der Waals surface area contributed by atoms with Gasteiger partial charge in [-0.25, -0.2) is 0 Å². The standard InChI is InChI=1S/C22H40O/c1-3-5-6-7-19-8-10-20(11-9-19)12-13-21-14-16-22(17-15-21)23-18-4-2/h6-7,19-22H,3-5,8-18H2,1-2H3/b7-6+/t19-,20-,21-,22-. The molecule has 0 bridgehead atoms. The highest BCUT2D eigenvalue weighted by atomic mass is 16.5. The van der Waals surface area contributed by atoms with Gasteiger partial charge in [0.1, 0.15) is 0 Å². The van der Waals surface area contributed by atoms with Crippen molar-refractivity contribution in [3.63, 3.8) is 0 Å². The highest BCUT2D eigenvalue weighted by Gasteiger charge is 2.24. The fourth-order valence-corrected chi connectivity index (χ4v) is 4.47. The first-order valence-electron chi connectivity index (χ1n) is 10.6. The summed E-state index contributed by atoms with van der Waals surface area (Å²) in [6.07, 6.45) is 23.6. The van der Waals surface area contributed by atoms with E-state index in [0.29, 0.717) is 6.10 Å². The van der Waals surface area contributed by atoms with E-state index in [0.717, 1.165) is 30.8 Å². The van der Waals surface area contributed by atoms with Gasteiger partial charge in [0.05, 0.1) is 6.10 Å². The minimum atomic E-state index is 0.580. The second-order valence-electron chi connectivity index (χ2n) is 8.09. The van der Waals surface area contributed by atoms with E-state index < -0.39 is 0 Å². The van der Waals surface area contributed by atoms with Crippen LogP contribution >= 0.6 is 0 Å². The Morgan fingerprint density at radius 3 is 1.96 bits per heavy atom. The maximum absolute atomic E-state index is 5.92. The summed E-state index contributed by atoms with van der Waals surface area (Å²) < 4.78 is 5.92. The Hall–Kier alpha value is -0.300. The molecule has 1 heteroatoms. The Bertz CT molecular complexity index is 306. The minimum Gasteiger partial charge on any atom is -0.378 e. The number of ether oxygens (including phenoxy) is 1. The van der Waals surface area contributed by atoms with Crippen LogP contribution in [0, 0.1) is 17.8 Å². The quantitative estimate of drug-likeness (QED) is 0.419. The molecule has 0 aromatic heterocycles. The molecule has 0 aromatic carbocycles. The SMILES string of the molecule is CCC/C=C/[C@H]1CC[C@H](CC[C@H]2CC[C@H](OCCC)CC2)CC1. The van der Waals surface area contributed by atoms with Gasteiger partial charge in [0.15, 0.2) is 0 Å². The summed E-state index contributed by atoms with van der Waals surface area (Å²) >= 11 is 0. The van der Waals surface area contributed by atoms with Gasteiger partial charge in [0, 0.05) is 6.61 Å². The van der Waals surface area contributed by atoms with Crippen LogP contribution in [0.3, 0.4) is 0 Å². The summed E-state index contributed by atoms with van der Waals surface area (Å²) in [5, 5.41) is 0. The van der Waals surface area contributed by atoms with Crippen molar-refractivity contribution in [1.29, 1.82) is 0 Å². The summed E-state index contributed by atoms with van der Waals surface area (Å²) in [7, 11) is 0. The molecular weight excluding hydrogens is 280 g/mol. The second kappa shape index (κ2) is 11.3. The van der Waals surface area contributed by atoms with E-state index in [1.807, 2.05) is 0 Å². The van der Waals surface area contributed by atoms with Crippen molar-refractivity contribution in [3.8, 4) is 0 Å². The van der Waals surface area contributed by atoms with Crippen molar-refractivity contribution in [1.82, 2.24) is 0 Å². The molecule has 0 aromatic rings. The molecule has 0 amide bonds. The van der Waals surface area contributed by atoms with E-state index >= 15 is 0 Å². The van der Waals surface area contributed by atoms with Crippen molar-refractivity contribution in [2.75, 3.05) is 6.61 Å². The Kier molecular flexibility index (Phi) is 9.34. The number of allylic oxidation sites excluding steroid dienone is 2. The minimum absolute atomic E-state index is 0.580. The molecule has 0 saturated heterocycles. The molecule has 134 valence electrons. The van der Waals surface area contributed by atoms with Crippen LogP contribution in [0.1, 0.15) is 97.3 Å². The Morgan fingerprint density at radius 1 is 0.783 bits per heavy atom. The van der Waals surface area contributed by atoms with Crippen LogP contribution in [-0.2, 0) is 4.74 Å². The Labute approximate surface area is 145 Å². The van der Waals surface area contributed by atoms with Crippen molar-refractivity contribution in [3.05, 3.63) is 12.2 Å². The van der Waals surface area contributed by atoms with Crippen LogP contribution in [-0.4, -0.2) is 12.7 Å². The van der Waals surface area contributed by atoms with Crippen LogP contribution < -0.4 is 0 Å². The summed E-state index contributed by atoms with van der Waals surface area (Å²) in [6, 6.07) is 0. The third kappa shape index (κ3) is 7.42. The van der Waals surface area contributed by atoms with E-state index in [4.69, 9.17) is 4.74 Å². The summed E-state index contributed by atoms with van der Waals surface area (Å²) in [4.78, 5) is 0. The van der Waals surface area contributed by atoms with Gasteiger partial charge in [-0.2, -0.15) is 0 Å². The van der Waals surface area contributed by atoms with Gasteiger partial charge in [-0.15, -0.1) is 0 Å². The smallest absolute Gasteiger partial charge is 0.0575 e. The highest BCUT2D eigenvalue weighted by Crippen LogP contribution is 2.36. The number of rotatable bonds is 9. The predicted octanol–water partition coefficient (Wildman–Crippen LogP) is 6.91. The van der Waals surface area contributed by atoms with Gasteiger partial charge in [-0.05, 0) is 82.0 Å². The molecule has 0 spiro atoms. The lowest BCUT2D eigenvalue weighted by atomic mass is 9.77. The van der Waals surface area contributed by atoms with Crippen molar-refractivity contribution in [2.24, 2.45) is 17.8 Å². The molecule has 2 aliphatic carbocycles. The zero-order valence-corrected chi connectivity index (χ0v) is 15.8. The summed E-state index contributed by atoms with van der Waals surface area (Å²) in [5.41, 5.74) is 0. The maximum Gasteiger partial charge on any atom is 0.0575 e.